The summed E-state index contributed by atoms with van der Waals surface area (Å²) in [6.07, 6.45) is 3.66. The first-order chi connectivity index (χ1) is 8.24. The fourth-order valence-corrected chi connectivity index (χ4v) is 1.58. The molecule has 1 aliphatic rings. The van der Waals surface area contributed by atoms with Crippen molar-refractivity contribution in [2.24, 2.45) is 5.92 Å². The van der Waals surface area contributed by atoms with E-state index < -0.39 is 0 Å². The molecule has 1 aliphatic carbocycles. The van der Waals surface area contributed by atoms with Crippen LogP contribution in [0.2, 0.25) is 0 Å². The molecule has 0 amide bonds. The second-order valence-corrected chi connectivity index (χ2v) is 4.90. The molecule has 0 aliphatic heterocycles. The third-order valence-corrected chi connectivity index (χ3v) is 3.23. The molecule has 0 aromatic rings. The van der Waals surface area contributed by atoms with E-state index in [2.05, 4.69) is 5.32 Å². The van der Waals surface area contributed by atoms with E-state index in [4.69, 9.17) is 21.7 Å². The minimum absolute atomic E-state index is 0.757. The van der Waals surface area contributed by atoms with E-state index >= 15 is 0 Å². The minimum atomic E-state index is 0.757. The molecule has 0 aromatic heterocycles. The maximum absolute atomic E-state index is 5.57. The first kappa shape index (κ1) is 14.7. The zero-order valence-electron chi connectivity index (χ0n) is 10.9. The van der Waals surface area contributed by atoms with Gasteiger partial charge in [-0.1, -0.05) is 0 Å². The van der Waals surface area contributed by atoms with Crippen molar-refractivity contribution in [1.29, 1.82) is 0 Å². The lowest BCUT2D eigenvalue weighted by Crippen LogP contribution is -2.39. The van der Waals surface area contributed by atoms with Gasteiger partial charge in [-0.05, 0) is 37.4 Å². The van der Waals surface area contributed by atoms with E-state index in [-0.39, 0.29) is 0 Å². The van der Waals surface area contributed by atoms with Crippen LogP contribution in [-0.4, -0.2) is 57.1 Å². The molecule has 0 spiro atoms. The quantitative estimate of drug-likeness (QED) is 0.498. The van der Waals surface area contributed by atoms with Gasteiger partial charge in [0.2, 0.25) is 0 Å². The number of nitrogens with one attached hydrogen (secondary N) is 1. The molecular formula is C12H24N2O2S. The van der Waals surface area contributed by atoms with Crippen molar-refractivity contribution in [3.63, 3.8) is 0 Å². The summed E-state index contributed by atoms with van der Waals surface area (Å²) in [5, 5.41) is 3.99. The normalized spacial score (nSPS) is 14.7. The van der Waals surface area contributed by atoms with Gasteiger partial charge in [0.05, 0.1) is 6.61 Å². The molecule has 0 atom stereocenters. The number of hydrogen-bond donors (Lipinski definition) is 1. The van der Waals surface area contributed by atoms with Crippen LogP contribution in [0.3, 0.4) is 0 Å². The Balaban J connectivity index is 1.92. The van der Waals surface area contributed by atoms with Crippen LogP contribution in [0.1, 0.15) is 19.3 Å². The van der Waals surface area contributed by atoms with Crippen molar-refractivity contribution in [3.8, 4) is 0 Å². The average Bonchev–Trinajstić information content (AvgIpc) is 3.13. The van der Waals surface area contributed by atoms with E-state index in [0.717, 1.165) is 50.4 Å². The smallest absolute Gasteiger partial charge is 0.168 e. The maximum Gasteiger partial charge on any atom is 0.168 e. The highest BCUT2D eigenvalue weighted by molar-refractivity contribution is 7.80. The summed E-state index contributed by atoms with van der Waals surface area (Å²) in [4.78, 5) is 2.02. The van der Waals surface area contributed by atoms with Gasteiger partial charge in [0.15, 0.2) is 5.11 Å². The van der Waals surface area contributed by atoms with Gasteiger partial charge in [-0.25, -0.2) is 0 Å². The Bertz CT molecular complexity index is 223. The summed E-state index contributed by atoms with van der Waals surface area (Å²) in [5.74, 6) is 0.833. The third kappa shape index (κ3) is 7.52. The lowest BCUT2D eigenvalue weighted by molar-refractivity contribution is 0.115. The highest BCUT2D eigenvalue weighted by atomic mass is 32.1. The van der Waals surface area contributed by atoms with Crippen LogP contribution >= 0.6 is 12.2 Å². The van der Waals surface area contributed by atoms with E-state index in [0.29, 0.717) is 0 Å². The van der Waals surface area contributed by atoms with Gasteiger partial charge in [-0.15, -0.1) is 0 Å². The summed E-state index contributed by atoms with van der Waals surface area (Å²) in [6, 6.07) is 0. The first-order valence-corrected chi connectivity index (χ1v) is 6.70. The highest BCUT2D eigenvalue weighted by Gasteiger charge is 2.20. The van der Waals surface area contributed by atoms with Gasteiger partial charge in [-0.3, -0.25) is 0 Å². The van der Waals surface area contributed by atoms with Gasteiger partial charge < -0.3 is 19.7 Å². The molecule has 0 aromatic carbocycles. The number of likely N-dealkylation sites (N-methyl/N-ethyl adjacent to an activating group) is 1. The SMILES string of the molecule is COCCCNC(=S)N(C)CCOCC1CC1. The third-order valence-electron chi connectivity index (χ3n) is 2.77. The summed E-state index contributed by atoms with van der Waals surface area (Å²) < 4.78 is 10.5. The number of rotatable bonds is 9. The number of hydrogen-bond acceptors (Lipinski definition) is 3. The molecule has 1 saturated carbocycles. The molecule has 4 nitrogen and oxygen atoms in total. The van der Waals surface area contributed by atoms with E-state index in [9.17, 15) is 0 Å². The zero-order chi connectivity index (χ0) is 12.5. The van der Waals surface area contributed by atoms with Crippen molar-refractivity contribution in [1.82, 2.24) is 10.2 Å². The molecule has 0 saturated heterocycles. The Morgan fingerprint density at radius 1 is 1.41 bits per heavy atom. The lowest BCUT2D eigenvalue weighted by Gasteiger charge is -2.20. The Hall–Kier alpha value is -0.390. The summed E-state index contributed by atoms with van der Waals surface area (Å²) >= 11 is 5.26. The van der Waals surface area contributed by atoms with E-state index in [1.807, 2.05) is 11.9 Å². The number of thiocarbonyl (C=S) groups is 1. The largest absolute Gasteiger partial charge is 0.385 e. The van der Waals surface area contributed by atoms with Crippen LogP contribution in [0, 0.1) is 5.92 Å². The van der Waals surface area contributed by atoms with Gasteiger partial charge in [-0.2, -0.15) is 0 Å². The van der Waals surface area contributed by atoms with Crippen molar-refractivity contribution < 1.29 is 9.47 Å². The van der Waals surface area contributed by atoms with Gasteiger partial charge in [0.25, 0.3) is 0 Å². The fraction of sp³-hybridized carbons (Fsp3) is 0.917. The van der Waals surface area contributed by atoms with Gasteiger partial charge in [0.1, 0.15) is 0 Å². The standard InChI is InChI=1S/C12H24N2O2S/c1-14(7-9-16-10-11-4-5-11)12(17)13-6-3-8-15-2/h11H,3-10H2,1-2H3,(H,13,17). The van der Waals surface area contributed by atoms with Gasteiger partial charge >= 0.3 is 0 Å². The zero-order valence-corrected chi connectivity index (χ0v) is 11.7. The Morgan fingerprint density at radius 3 is 2.82 bits per heavy atom. The number of methoxy groups -OCH3 is 1. The summed E-state index contributed by atoms with van der Waals surface area (Å²) in [5.41, 5.74) is 0. The van der Waals surface area contributed by atoms with Crippen molar-refractivity contribution >= 4 is 17.3 Å². The van der Waals surface area contributed by atoms with Gasteiger partial charge in [0, 0.05) is 40.5 Å². The maximum atomic E-state index is 5.57. The lowest BCUT2D eigenvalue weighted by atomic mass is 10.4. The van der Waals surface area contributed by atoms with E-state index in [1.165, 1.54) is 12.8 Å². The molecule has 1 fully saturated rings. The molecule has 0 bridgehead atoms. The second kappa shape index (κ2) is 8.66. The Morgan fingerprint density at radius 2 is 2.18 bits per heavy atom. The van der Waals surface area contributed by atoms with Crippen LogP contribution in [-0.2, 0) is 9.47 Å². The molecular weight excluding hydrogens is 236 g/mol. The number of ether oxygens (including phenoxy) is 2. The van der Waals surface area contributed by atoms with Crippen LogP contribution in [0.4, 0.5) is 0 Å². The average molecular weight is 260 g/mol. The fourth-order valence-electron chi connectivity index (χ4n) is 1.38. The van der Waals surface area contributed by atoms with Crippen molar-refractivity contribution in [3.05, 3.63) is 0 Å². The molecule has 1 N–H and O–H groups in total. The molecule has 0 unspecified atom stereocenters. The van der Waals surface area contributed by atoms with Crippen LogP contribution < -0.4 is 5.32 Å². The minimum Gasteiger partial charge on any atom is -0.385 e. The second-order valence-electron chi connectivity index (χ2n) is 4.52. The van der Waals surface area contributed by atoms with Crippen LogP contribution in [0.5, 0.6) is 0 Å². The molecule has 5 heteroatoms. The number of nitrogens with zero attached hydrogens (tertiary/aromatic N) is 1. The molecule has 0 radical (unpaired) electrons. The Kier molecular flexibility index (Phi) is 7.48. The molecule has 17 heavy (non-hydrogen) atoms. The van der Waals surface area contributed by atoms with E-state index in [1.54, 1.807) is 7.11 Å². The van der Waals surface area contributed by atoms with Crippen molar-refractivity contribution in [2.75, 3.05) is 47.1 Å². The summed E-state index contributed by atoms with van der Waals surface area (Å²) in [7, 11) is 3.70. The van der Waals surface area contributed by atoms with Crippen LogP contribution in [0.25, 0.3) is 0 Å². The highest BCUT2D eigenvalue weighted by Crippen LogP contribution is 2.28. The molecule has 0 heterocycles. The Labute approximate surface area is 110 Å². The molecule has 100 valence electrons. The molecule has 1 rings (SSSR count). The first-order valence-electron chi connectivity index (χ1n) is 6.29. The van der Waals surface area contributed by atoms with Crippen LogP contribution in [0.15, 0.2) is 0 Å². The van der Waals surface area contributed by atoms with Crippen molar-refractivity contribution in [2.45, 2.75) is 19.3 Å². The monoisotopic (exact) mass is 260 g/mol. The predicted octanol–water partition coefficient (Wildman–Crippen LogP) is 1.26. The predicted molar refractivity (Wildman–Crippen MR) is 73.3 cm³/mol. The summed E-state index contributed by atoms with van der Waals surface area (Å²) in [6.45, 7) is 4.15. The topological polar surface area (TPSA) is 33.7 Å².